The summed E-state index contributed by atoms with van der Waals surface area (Å²) in [5, 5.41) is 2.75. The summed E-state index contributed by atoms with van der Waals surface area (Å²) in [6, 6.07) is 5.93. The van der Waals surface area contributed by atoms with Crippen LogP contribution in [0.3, 0.4) is 0 Å². The van der Waals surface area contributed by atoms with E-state index in [9.17, 15) is 13.2 Å². The van der Waals surface area contributed by atoms with E-state index in [0.29, 0.717) is 18.9 Å². The van der Waals surface area contributed by atoms with Crippen LogP contribution >= 0.6 is 0 Å². The molecule has 3 N–H and O–H groups in total. The van der Waals surface area contributed by atoms with Crippen molar-refractivity contribution in [1.82, 2.24) is 5.32 Å². The molecule has 0 bridgehead atoms. The number of carbonyl (C=O) groups excluding carboxylic acids is 1. The summed E-state index contributed by atoms with van der Waals surface area (Å²) >= 11 is 0. The Morgan fingerprint density at radius 1 is 1.25 bits per heavy atom. The zero-order valence-corrected chi connectivity index (χ0v) is 12.9. The van der Waals surface area contributed by atoms with Gasteiger partial charge in [0.25, 0.3) is 0 Å². The van der Waals surface area contributed by atoms with Crippen LogP contribution in [0, 0.1) is 5.92 Å². The van der Waals surface area contributed by atoms with E-state index in [2.05, 4.69) is 5.32 Å². The van der Waals surface area contributed by atoms with Gasteiger partial charge in [0, 0.05) is 12.8 Å². The van der Waals surface area contributed by atoms with Crippen molar-refractivity contribution in [3.63, 3.8) is 0 Å². The Morgan fingerprint density at radius 2 is 1.80 bits per heavy atom. The van der Waals surface area contributed by atoms with Crippen molar-refractivity contribution in [3.05, 3.63) is 29.8 Å². The van der Waals surface area contributed by atoms with Crippen molar-refractivity contribution >= 4 is 15.7 Å². The van der Waals surface area contributed by atoms with E-state index in [4.69, 9.17) is 5.73 Å². The SMILES string of the molecule is CC(C)CC(N)C(=O)NCc1ccc(S(C)(=O)=O)cc1. The molecular formula is C14H22N2O3S. The molecule has 0 aliphatic carbocycles. The fourth-order valence-electron chi connectivity index (χ4n) is 1.79. The van der Waals surface area contributed by atoms with Crippen LogP contribution in [0.5, 0.6) is 0 Å². The molecule has 1 unspecified atom stereocenters. The van der Waals surface area contributed by atoms with Crippen LogP contribution in [-0.2, 0) is 21.2 Å². The van der Waals surface area contributed by atoms with E-state index < -0.39 is 15.9 Å². The molecule has 0 spiro atoms. The summed E-state index contributed by atoms with van der Waals surface area (Å²) in [4.78, 5) is 12.0. The summed E-state index contributed by atoms with van der Waals surface area (Å²) in [5.41, 5.74) is 6.61. The van der Waals surface area contributed by atoms with Crippen molar-refractivity contribution in [2.75, 3.05) is 6.26 Å². The Kier molecular flexibility index (Phi) is 5.71. The molecule has 6 heteroatoms. The monoisotopic (exact) mass is 298 g/mol. The molecule has 112 valence electrons. The first-order chi connectivity index (χ1) is 9.20. The Morgan fingerprint density at radius 3 is 2.25 bits per heavy atom. The second kappa shape index (κ2) is 6.85. The average Bonchev–Trinajstić information content (AvgIpc) is 2.34. The van der Waals surface area contributed by atoms with E-state index in [0.717, 1.165) is 11.8 Å². The molecule has 1 aromatic rings. The Labute approximate surface area is 120 Å². The highest BCUT2D eigenvalue weighted by Crippen LogP contribution is 2.10. The molecule has 0 heterocycles. The smallest absolute Gasteiger partial charge is 0.237 e. The fraction of sp³-hybridized carbons (Fsp3) is 0.500. The van der Waals surface area contributed by atoms with Crippen molar-refractivity contribution in [1.29, 1.82) is 0 Å². The van der Waals surface area contributed by atoms with Crippen molar-refractivity contribution < 1.29 is 13.2 Å². The number of sulfone groups is 1. The first kappa shape index (κ1) is 16.7. The largest absolute Gasteiger partial charge is 0.351 e. The second-order valence-corrected chi connectivity index (χ2v) is 7.39. The standard InChI is InChI=1S/C14H22N2O3S/c1-10(2)8-13(15)14(17)16-9-11-4-6-12(7-5-11)20(3,18)19/h4-7,10,13H,8-9,15H2,1-3H3,(H,16,17). The third-order valence-corrected chi connectivity index (χ3v) is 4.01. The van der Waals surface area contributed by atoms with Gasteiger partial charge in [-0.25, -0.2) is 8.42 Å². The first-order valence-electron chi connectivity index (χ1n) is 6.52. The highest BCUT2D eigenvalue weighted by Gasteiger charge is 2.14. The van der Waals surface area contributed by atoms with Gasteiger partial charge in [-0.15, -0.1) is 0 Å². The molecule has 0 radical (unpaired) electrons. The van der Waals surface area contributed by atoms with Crippen molar-refractivity contribution in [3.8, 4) is 0 Å². The topological polar surface area (TPSA) is 89.3 Å². The molecule has 0 fully saturated rings. The lowest BCUT2D eigenvalue weighted by molar-refractivity contribution is -0.122. The number of nitrogens with two attached hydrogens (primary N) is 1. The highest BCUT2D eigenvalue weighted by molar-refractivity contribution is 7.90. The molecule has 1 aromatic carbocycles. The van der Waals surface area contributed by atoms with Crippen LogP contribution < -0.4 is 11.1 Å². The molecule has 1 amide bonds. The van der Waals surface area contributed by atoms with Gasteiger partial charge in [-0.1, -0.05) is 26.0 Å². The maximum absolute atomic E-state index is 11.7. The predicted octanol–water partition coefficient (Wildman–Crippen LogP) is 1.08. The third kappa shape index (κ3) is 5.30. The van der Waals surface area contributed by atoms with E-state index in [1.807, 2.05) is 13.8 Å². The molecule has 1 atom stereocenters. The number of rotatable bonds is 6. The third-order valence-electron chi connectivity index (χ3n) is 2.88. The van der Waals surface area contributed by atoms with E-state index in [1.165, 1.54) is 12.1 Å². The maximum atomic E-state index is 11.7. The highest BCUT2D eigenvalue weighted by atomic mass is 32.2. The quantitative estimate of drug-likeness (QED) is 0.822. The number of hydrogen-bond acceptors (Lipinski definition) is 4. The minimum Gasteiger partial charge on any atom is -0.351 e. The van der Waals surface area contributed by atoms with Crippen LogP contribution in [0.2, 0.25) is 0 Å². The lowest BCUT2D eigenvalue weighted by Crippen LogP contribution is -2.41. The molecule has 5 nitrogen and oxygen atoms in total. The predicted molar refractivity (Wildman–Crippen MR) is 78.8 cm³/mol. The van der Waals surface area contributed by atoms with E-state index >= 15 is 0 Å². The number of nitrogens with one attached hydrogen (secondary N) is 1. The minimum absolute atomic E-state index is 0.189. The summed E-state index contributed by atoms with van der Waals surface area (Å²) in [7, 11) is -3.19. The lowest BCUT2D eigenvalue weighted by Gasteiger charge is -2.14. The molecule has 20 heavy (non-hydrogen) atoms. The number of benzene rings is 1. The van der Waals surface area contributed by atoms with Crippen molar-refractivity contribution in [2.45, 2.75) is 37.8 Å². The molecule has 0 aromatic heterocycles. The van der Waals surface area contributed by atoms with Gasteiger partial charge in [0.2, 0.25) is 5.91 Å². The minimum atomic E-state index is -3.19. The van der Waals surface area contributed by atoms with Gasteiger partial charge >= 0.3 is 0 Å². The van der Waals surface area contributed by atoms with Crippen LogP contribution in [-0.4, -0.2) is 26.6 Å². The van der Waals surface area contributed by atoms with Gasteiger partial charge in [0.1, 0.15) is 0 Å². The lowest BCUT2D eigenvalue weighted by atomic mass is 10.0. The van der Waals surface area contributed by atoms with Crippen molar-refractivity contribution in [2.24, 2.45) is 11.7 Å². The van der Waals surface area contributed by atoms with Gasteiger partial charge in [0.05, 0.1) is 10.9 Å². The second-order valence-electron chi connectivity index (χ2n) is 5.37. The number of hydrogen-bond donors (Lipinski definition) is 2. The maximum Gasteiger partial charge on any atom is 0.237 e. The summed E-state index contributed by atoms with van der Waals surface area (Å²) in [6.45, 7) is 4.36. The van der Waals surface area contributed by atoms with Gasteiger partial charge in [-0.05, 0) is 30.0 Å². The number of carbonyl (C=O) groups is 1. The molecule has 0 aliphatic heterocycles. The molecular weight excluding hydrogens is 276 g/mol. The van der Waals surface area contributed by atoms with Crippen LogP contribution in [0.1, 0.15) is 25.8 Å². The van der Waals surface area contributed by atoms with Gasteiger partial charge < -0.3 is 11.1 Å². The van der Waals surface area contributed by atoms with Crippen LogP contribution in [0.25, 0.3) is 0 Å². The van der Waals surface area contributed by atoms with Crippen LogP contribution in [0.4, 0.5) is 0 Å². The van der Waals surface area contributed by atoms with E-state index in [1.54, 1.807) is 12.1 Å². The summed E-state index contributed by atoms with van der Waals surface area (Å²) in [5.74, 6) is 0.177. The normalized spacial score (nSPS) is 13.2. The van der Waals surface area contributed by atoms with E-state index in [-0.39, 0.29) is 10.8 Å². The summed E-state index contributed by atoms with van der Waals surface area (Å²) in [6.07, 6.45) is 1.80. The first-order valence-corrected chi connectivity index (χ1v) is 8.41. The van der Waals surface area contributed by atoms with Gasteiger partial charge in [-0.2, -0.15) is 0 Å². The zero-order valence-electron chi connectivity index (χ0n) is 12.1. The Hall–Kier alpha value is -1.40. The molecule has 0 aliphatic rings. The molecule has 1 rings (SSSR count). The van der Waals surface area contributed by atoms with Crippen LogP contribution in [0.15, 0.2) is 29.2 Å². The van der Waals surface area contributed by atoms with Gasteiger partial charge in [-0.3, -0.25) is 4.79 Å². The average molecular weight is 298 g/mol. The zero-order chi connectivity index (χ0) is 15.3. The molecule has 0 saturated heterocycles. The Bertz CT molecular complexity index is 550. The summed E-state index contributed by atoms with van der Waals surface area (Å²) < 4.78 is 22.6. The molecule has 0 saturated carbocycles. The van der Waals surface area contributed by atoms with Gasteiger partial charge in [0.15, 0.2) is 9.84 Å². The number of amides is 1. The fourth-order valence-corrected chi connectivity index (χ4v) is 2.42. The Balaban J connectivity index is 2.56.